The number of benzene rings is 1. The van der Waals surface area contributed by atoms with Crippen LogP contribution in [0, 0.1) is 18.3 Å². The highest BCUT2D eigenvalue weighted by atomic mass is 19.1. The van der Waals surface area contributed by atoms with Gasteiger partial charge in [0, 0.05) is 25.2 Å². The Balaban J connectivity index is 1.78. The molecule has 166 valence electrons. The van der Waals surface area contributed by atoms with Crippen LogP contribution >= 0.6 is 0 Å². The number of aromatic nitrogens is 2. The van der Waals surface area contributed by atoms with E-state index >= 15 is 4.39 Å². The lowest BCUT2D eigenvalue weighted by Crippen LogP contribution is -2.44. The molecule has 1 saturated carbocycles. The fourth-order valence-corrected chi connectivity index (χ4v) is 4.51. The maximum absolute atomic E-state index is 15.3. The lowest BCUT2D eigenvalue weighted by Gasteiger charge is -2.25. The van der Waals surface area contributed by atoms with Gasteiger partial charge in [0.2, 0.25) is 6.54 Å². The molecule has 1 aromatic heterocycles. The van der Waals surface area contributed by atoms with Gasteiger partial charge in [-0.15, -0.1) is 0 Å². The Labute approximate surface area is 179 Å². The summed E-state index contributed by atoms with van der Waals surface area (Å²) in [4.78, 5) is 30.6. The molecule has 10 heteroatoms. The van der Waals surface area contributed by atoms with Gasteiger partial charge in [-0.05, 0) is 38.2 Å². The third-order valence-electron chi connectivity index (χ3n) is 6.34. The molecule has 9 nitrogen and oxygen atoms in total. The Morgan fingerprint density at radius 3 is 2.77 bits per heavy atom. The molecule has 1 aromatic carbocycles. The number of fused-ring (bicyclic) bond motifs is 1. The number of nitrogen functional groups attached to an aromatic ring is 1. The quantitative estimate of drug-likeness (QED) is 0.388. The predicted octanol–water partition coefficient (Wildman–Crippen LogP) is 1.08. The van der Waals surface area contributed by atoms with Crippen LogP contribution in [0.2, 0.25) is 0 Å². The van der Waals surface area contributed by atoms with Gasteiger partial charge < -0.3 is 25.6 Å². The Morgan fingerprint density at radius 2 is 2.13 bits per heavy atom. The fourth-order valence-electron chi connectivity index (χ4n) is 4.51. The Kier molecular flexibility index (Phi) is 5.62. The van der Waals surface area contributed by atoms with Gasteiger partial charge in [-0.1, -0.05) is 0 Å². The lowest BCUT2D eigenvalue weighted by atomic mass is 10.0. The Bertz CT molecular complexity index is 1160. The second-order valence-corrected chi connectivity index (χ2v) is 8.31. The van der Waals surface area contributed by atoms with Crippen molar-refractivity contribution >= 4 is 16.6 Å². The summed E-state index contributed by atoms with van der Waals surface area (Å²) < 4.78 is 22.9. The minimum Gasteiger partial charge on any atom is -0.492 e. The number of rotatable bonds is 7. The van der Waals surface area contributed by atoms with E-state index in [0.717, 1.165) is 19.3 Å². The lowest BCUT2D eigenvalue weighted by molar-refractivity contribution is 0.404. The fraction of sp³-hybridized carbons (Fsp3) is 0.571. The zero-order valence-corrected chi connectivity index (χ0v) is 17.7. The van der Waals surface area contributed by atoms with Crippen LogP contribution in [0.4, 0.5) is 10.1 Å². The van der Waals surface area contributed by atoms with E-state index in [1.54, 1.807) is 0 Å². The minimum absolute atomic E-state index is 0.0389. The first kappa shape index (κ1) is 21.2. The number of hydrogen-bond donors (Lipinski definition) is 2. The van der Waals surface area contributed by atoms with Crippen LogP contribution in [-0.2, 0) is 0 Å². The number of methoxy groups -OCH3 is 1. The molecule has 0 amide bonds. The van der Waals surface area contributed by atoms with Gasteiger partial charge in [-0.25, -0.2) is 15.8 Å². The summed E-state index contributed by atoms with van der Waals surface area (Å²) in [5.74, 6) is 5.59. The van der Waals surface area contributed by atoms with Crippen LogP contribution in [0.5, 0.6) is 5.75 Å². The molecule has 2 heterocycles. The predicted molar refractivity (Wildman–Crippen MR) is 117 cm³/mol. The van der Waals surface area contributed by atoms with Crippen molar-refractivity contribution in [3.05, 3.63) is 44.1 Å². The SMILES string of the molecule is [C-]#[N+]CCNC(C)[C@@H]1CCN(c2c(F)cc3c(=O)n(N)c(=O)n(C4CC4)c3c2OC)C1. The molecule has 1 aliphatic heterocycles. The van der Waals surface area contributed by atoms with Crippen molar-refractivity contribution in [2.24, 2.45) is 5.92 Å². The van der Waals surface area contributed by atoms with E-state index in [0.29, 0.717) is 36.4 Å². The van der Waals surface area contributed by atoms with Gasteiger partial charge in [0.25, 0.3) is 5.56 Å². The summed E-state index contributed by atoms with van der Waals surface area (Å²) in [5, 5.41) is 3.39. The first-order valence-electron chi connectivity index (χ1n) is 10.5. The zero-order chi connectivity index (χ0) is 22.3. The summed E-state index contributed by atoms with van der Waals surface area (Å²) >= 11 is 0. The third-order valence-corrected chi connectivity index (χ3v) is 6.34. The van der Waals surface area contributed by atoms with Crippen LogP contribution in [0.15, 0.2) is 15.7 Å². The summed E-state index contributed by atoms with van der Waals surface area (Å²) in [5.41, 5.74) is -0.774. The highest BCUT2D eigenvalue weighted by Crippen LogP contribution is 2.43. The molecule has 3 N–H and O–H groups in total. The van der Waals surface area contributed by atoms with Crippen molar-refractivity contribution in [1.82, 2.24) is 14.6 Å². The van der Waals surface area contributed by atoms with E-state index in [1.165, 1.54) is 17.7 Å². The van der Waals surface area contributed by atoms with Crippen molar-refractivity contribution in [1.29, 1.82) is 0 Å². The molecule has 1 aliphatic carbocycles. The molecule has 2 fully saturated rings. The maximum Gasteiger partial charge on any atom is 0.350 e. The van der Waals surface area contributed by atoms with E-state index in [2.05, 4.69) is 17.1 Å². The number of nitrogens with two attached hydrogens (primary N) is 1. The average Bonchev–Trinajstić information content (AvgIpc) is 3.47. The summed E-state index contributed by atoms with van der Waals surface area (Å²) in [7, 11) is 1.43. The molecule has 2 atom stereocenters. The number of ether oxygens (including phenoxy) is 1. The minimum atomic E-state index is -0.738. The third kappa shape index (κ3) is 3.63. The number of halogens is 1. The van der Waals surface area contributed by atoms with E-state index in [-0.39, 0.29) is 34.8 Å². The molecule has 4 rings (SSSR count). The molecule has 2 aromatic rings. The normalized spacial score (nSPS) is 19.5. The highest BCUT2D eigenvalue weighted by Gasteiger charge is 2.35. The van der Waals surface area contributed by atoms with E-state index in [4.69, 9.17) is 17.2 Å². The standard InChI is InChI=1S/C21H27FN6O3/c1-12(25-8-7-24-2)13-6-9-26(11-13)18-16(22)10-15-17(19(18)31-3)27(14-4-5-14)21(30)28(23)20(15)29/h10,12-14,25H,4-9,11,23H2,1,3H3/t12?,13-/m1/s1. The average molecular weight is 430 g/mol. The van der Waals surface area contributed by atoms with Gasteiger partial charge >= 0.3 is 5.69 Å². The molecule has 0 spiro atoms. The van der Waals surface area contributed by atoms with Crippen LogP contribution in [-0.4, -0.2) is 48.6 Å². The molecule has 31 heavy (non-hydrogen) atoms. The van der Waals surface area contributed by atoms with E-state index < -0.39 is 17.1 Å². The van der Waals surface area contributed by atoms with Crippen molar-refractivity contribution in [3.63, 3.8) is 0 Å². The molecule has 2 aliphatic rings. The second kappa shape index (κ2) is 8.23. The molecular formula is C21H27FN6O3. The first-order valence-corrected chi connectivity index (χ1v) is 10.5. The van der Waals surface area contributed by atoms with Gasteiger partial charge in [-0.2, -0.15) is 4.68 Å². The van der Waals surface area contributed by atoms with Crippen LogP contribution < -0.4 is 32.0 Å². The van der Waals surface area contributed by atoms with Crippen LogP contribution in [0.3, 0.4) is 0 Å². The smallest absolute Gasteiger partial charge is 0.350 e. The Hall–Kier alpha value is -3.06. The first-order chi connectivity index (χ1) is 14.9. The molecule has 1 saturated heterocycles. The molecule has 0 bridgehead atoms. The maximum atomic E-state index is 15.3. The summed E-state index contributed by atoms with van der Waals surface area (Å²) in [6.45, 7) is 11.2. The monoisotopic (exact) mass is 430 g/mol. The van der Waals surface area contributed by atoms with Gasteiger partial charge in [0.05, 0.1) is 19.0 Å². The van der Waals surface area contributed by atoms with Gasteiger partial charge in [0.1, 0.15) is 11.2 Å². The number of hydrogen-bond acceptors (Lipinski definition) is 6. The van der Waals surface area contributed by atoms with Crippen molar-refractivity contribution in [2.75, 3.05) is 44.0 Å². The van der Waals surface area contributed by atoms with Gasteiger partial charge in [-0.3, -0.25) is 9.36 Å². The van der Waals surface area contributed by atoms with Crippen molar-refractivity contribution in [2.45, 2.75) is 38.3 Å². The van der Waals surface area contributed by atoms with E-state index in [9.17, 15) is 9.59 Å². The topological polar surface area (TPSA) is 98.9 Å². The summed E-state index contributed by atoms with van der Waals surface area (Å²) in [6.07, 6.45) is 2.44. The largest absolute Gasteiger partial charge is 0.492 e. The van der Waals surface area contributed by atoms with Crippen molar-refractivity contribution in [3.8, 4) is 5.75 Å². The molecule has 0 radical (unpaired) electrons. The second-order valence-electron chi connectivity index (χ2n) is 8.31. The molecule has 1 unspecified atom stereocenters. The highest BCUT2D eigenvalue weighted by molar-refractivity contribution is 5.91. The van der Waals surface area contributed by atoms with Crippen LogP contribution in [0.1, 0.15) is 32.2 Å². The number of nitrogens with one attached hydrogen (secondary N) is 1. The van der Waals surface area contributed by atoms with Gasteiger partial charge in [0.15, 0.2) is 11.6 Å². The zero-order valence-electron chi connectivity index (χ0n) is 17.7. The van der Waals surface area contributed by atoms with Crippen molar-refractivity contribution < 1.29 is 9.13 Å². The number of nitrogens with zero attached hydrogens (tertiary/aromatic N) is 4. The Morgan fingerprint density at radius 1 is 1.39 bits per heavy atom. The molecular weight excluding hydrogens is 403 g/mol. The van der Waals surface area contributed by atoms with Crippen LogP contribution in [0.25, 0.3) is 15.7 Å². The summed E-state index contributed by atoms with van der Waals surface area (Å²) in [6, 6.07) is 1.27. The number of anilines is 1. The van der Waals surface area contributed by atoms with E-state index in [1.807, 2.05) is 4.90 Å².